The Morgan fingerprint density at radius 2 is 1.27 bits per heavy atom. The molecule has 0 radical (unpaired) electrons. The van der Waals surface area contributed by atoms with E-state index in [1.54, 1.807) is 36.4 Å². The highest BCUT2D eigenvalue weighted by atomic mass is 16.6. The molecule has 0 saturated carbocycles. The van der Waals surface area contributed by atoms with Crippen LogP contribution in [0.1, 0.15) is 37.2 Å². The maximum atomic E-state index is 12.0. The number of ether oxygens (including phenoxy) is 7. The molecule has 6 rings (SSSR count). The van der Waals surface area contributed by atoms with E-state index in [2.05, 4.69) is 0 Å². The first-order valence-corrected chi connectivity index (χ1v) is 10.5. The molecule has 2 aromatic carbocycles. The van der Waals surface area contributed by atoms with Crippen LogP contribution in [0.4, 0.5) is 0 Å². The van der Waals surface area contributed by atoms with Gasteiger partial charge in [0, 0.05) is 19.4 Å². The SMILES string of the molecule is COc1cc2cc(OC)c1OCCOCCOc1ccc(cc1)[C@H](OC(C)=O)[C@@H]2OC(C)=O. The van der Waals surface area contributed by atoms with Crippen LogP contribution in [-0.2, 0) is 23.8 Å². The van der Waals surface area contributed by atoms with Crippen LogP contribution in [-0.4, -0.2) is 52.6 Å². The molecule has 4 aliphatic rings. The van der Waals surface area contributed by atoms with E-state index in [4.69, 9.17) is 33.2 Å². The van der Waals surface area contributed by atoms with Gasteiger partial charge in [-0.25, -0.2) is 0 Å². The van der Waals surface area contributed by atoms with Gasteiger partial charge in [-0.1, -0.05) is 12.1 Å². The lowest BCUT2D eigenvalue weighted by Crippen LogP contribution is -2.22. The lowest BCUT2D eigenvalue weighted by atomic mass is 9.96. The molecule has 4 bridgehead atoms. The molecule has 9 heteroatoms. The van der Waals surface area contributed by atoms with Crippen LogP contribution in [0.15, 0.2) is 36.4 Å². The molecule has 2 atom stereocenters. The zero-order chi connectivity index (χ0) is 23.8. The number of carbonyl (C=O) groups excluding carboxylic acids is 2. The summed E-state index contributed by atoms with van der Waals surface area (Å²) in [6.45, 7) is 3.90. The van der Waals surface area contributed by atoms with Crippen molar-refractivity contribution in [3.05, 3.63) is 47.5 Å². The molecule has 0 unspecified atom stereocenters. The third-order valence-electron chi connectivity index (χ3n) is 4.85. The monoisotopic (exact) mass is 460 g/mol. The van der Waals surface area contributed by atoms with Gasteiger partial charge in [0.05, 0.1) is 27.4 Å². The summed E-state index contributed by atoms with van der Waals surface area (Å²) < 4.78 is 39.4. The quantitative estimate of drug-likeness (QED) is 0.636. The Balaban J connectivity index is 2.16. The Morgan fingerprint density at radius 3 is 1.79 bits per heavy atom. The second-order valence-corrected chi connectivity index (χ2v) is 7.19. The first-order valence-electron chi connectivity index (χ1n) is 10.5. The number of rotatable bonds is 4. The Bertz CT molecular complexity index is 930. The van der Waals surface area contributed by atoms with Crippen LogP contribution >= 0.6 is 0 Å². The number of methoxy groups -OCH3 is 2. The fourth-order valence-corrected chi connectivity index (χ4v) is 3.45. The van der Waals surface area contributed by atoms with Gasteiger partial charge in [-0.2, -0.15) is 0 Å². The fraction of sp³-hybridized carbons (Fsp3) is 0.417. The maximum absolute atomic E-state index is 12.0. The zero-order valence-electron chi connectivity index (χ0n) is 19.1. The number of hydrogen-bond donors (Lipinski definition) is 0. The summed E-state index contributed by atoms with van der Waals surface area (Å²) in [7, 11) is 2.98. The molecule has 0 amide bonds. The smallest absolute Gasteiger partial charge is 0.303 e. The van der Waals surface area contributed by atoms with Crippen LogP contribution in [0.25, 0.3) is 0 Å². The van der Waals surface area contributed by atoms with E-state index in [1.807, 2.05) is 0 Å². The highest BCUT2D eigenvalue weighted by Gasteiger charge is 2.32. The molecule has 9 nitrogen and oxygen atoms in total. The van der Waals surface area contributed by atoms with E-state index in [0.29, 0.717) is 53.9 Å². The molecule has 0 saturated heterocycles. The molecule has 0 N–H and O–H groups in total. The second-order valence-electron chi connectivity index (χ2n) is 7.19. The van der Waals surface area contributed by atoms with Crippen molar-refractivity contribution < 1.29 is 42.7 Å². The summed E-state index contributed by atoms with van der Waals surface area (Å²) in [6, 6.07) is 10.3. The molecule has 4 aliphatic heterocycles. The predicted molar refractivity (Wildman–Crippen MR) is 117 cm³/mol. The van der Waals surface area contributed by atoms with Gasteiger partial charge in [0.15, 0.2) is 23.7 Å². The average molecular weight is 460 g/mol. The molecule has 2 aromatic rings. The van der Waals surface area contributed by atoms with E-state index < -0.39 is 24.1 Å². The molecule has 0 aromatic heterocycles. The molecular formula is C24H28O9. The minimum atomic E-state index is -0.978. The van der Waals surface area contributed by atoms with E-state index in [-0.39, 0.29) is 6.61 Å². The summed E-state index contributed by atoms with van der Waals surface area (Å²) in [5, 5.41) is 0. The van der Waals surface area contributed by atoms with Crippen molar-refractivity contribution in [3.63, 3.8) is 0 Å². The van der Waals surface area contributed by atoms with Crippen molar-refractivity contribution in [2.45, 2.75) is 26.1 Å². The van der Waals surface area contributed by atoms with Gasteiger partial charge in [-0.05, 0) is 29.8 Å². The summed E-state index contributed by atoms with van der Waals surface area (Å²) in [5.74, 6) is 0.665. The third kappa shape index (κ3) is 6.29. The highest BCUT2D eigenvalue weighted by Crippen LogP contribution is 2.44. The first kappa shape index (κ1) is 24.2. The molecule has 0 fully saturated rings. The lowest BCUT2D eigenvalue weighted by Gasteiger charge is -2.28. The fourth-order valence-electron chi connectivity index (χ4n) is 3.45. The van der Waals surface area contributed by atoms with Crippen LogP contribution in [0, 0.1) is 0 Å². The minimum absolute atomic E-state index is 0.254. The third-order valence-corrected chi connectivity index (χ3v) is 4.85. The van der Waals surface area contributed by atoms with Gasteiger partial charge in [-0.3, -0.25) is 9.59 Å². The Kier molecular flexibility index (Phi) is 8.37. The Morgan fingerprint density at radius 1 is 0.758 bits per heavy atom. The van der Waals surface area contributed by atoms with Gasteiger partial charge in [-0.15, -0.1) is 0 Å². The molecule has 0 spiro atoms. The zero-order valence-corrected chi connectivity index (χ0v) is 19.1. The summed E-state index contributed by atoms with van der Waals surface area (Å²) in [6.07, 6.45) is -1.91. The summed E-state index contributed by atoms with van der Waals surface area (Å²) in [4.78, 5) is 24.0. The van der Waals surface area contributed by atoms with Gasteiger partial charge in [0.2, 0.25) is 5.75 Å². The minimum Gasteiger partial charge on any atom is -0.493 e. The second kappa shape index (κ2) is 11.4. The van der Waals surface area contributed by atoms with E-state index in [0.717, 1.165) is 0 Å². The average Bonchev–Trinajstić information content (AvgIpc) is 2.80. The topological polar surface area (TPSA) is 98.8 Å². The van der Waals surface area contributed by atoms with Crippen molar-refractivity contribution >= 4 is 11.9 Å². The Labute approximate surface area is 192 Å². The van der Waals surface area contributed by atoms with Crippen molar-refractivity contribution in [1.82, 2.24) is 0 Å². The molecule has 0 aliphatic carbocycles. The van der Waals surface area contributed by atoms with Gasteiger partial charge >= 0.3 is 11.9 Å². The van der Waals surface area contributed by atoms with E-state index in [9.17, 15) is 9.59 Å². The van der Waals surface area contributed by atoms with Crippen molar-refractivity contribution in [2.24, 2.45) is 0 Å². The van der Waals surface area contributed by atoms with Crippen LogP contribution < -0.4 is 18.9 Å². The van der Waals surface area contributed by atoms with Crippen molar-refractivity contribution in [3.8, 4) is 23.0 Å². The number of benzene rings is 2. The number of carbonyl (C=O) groups is 2. The van der Waals surface area contributed by atoms with Crippen LogP contribution in [0.2, 0.25) is 0 Å². The summed E-state index contributed by atoms with van der Waals surface area (Å²) in [5.41, 5.74) is 1.11. The lowest BCUT2D eigenvalue weighted by molar-refractivity contribution is -0.166. The van der Waals surface area contributed by atoms with Gasteiger partial charge in [0.25, 0.3) is 0 Å². The van der Waals surface area contributed by atoms with Crippen molar-refractivity contribution in [2.75, 3.05) is 40.6 Å². The van der Waals surface area contributed by atoms with Crippen LogP contribution in [0.3, 0.4) is 0 Å². The van der Waals surface area contributed by atoms with Gasteiger partial charge < -0.3 is 33.2 Å². The first-order chi connectivity index (χ1) is 15.9. The normalized spacial score (nSPS) is 18.4. The number of esters is 2. The Hall–Kier alpha value is -3.46. The van der Waals surface area contributed by atoms with E-state index in [1.165, 1.54) is 28.1 Å². The largest absolute Gasteiger partial charge is 0.493 e. The van der Waals surface area contributed by atoms with Crippen molar-refractivity contribution in [1.29, 1.82) is 0 Å². The predicted octanol–water partition coefficient (Wildman–Crippen LogP) is 3.40. The molecule has 4 heterocycles. The highest BCUT2D eigenvalue weighted by molar-refractivity contribution is 5.68. The number of hydrogen-bond acceptors (Lipinski definition) is 9. The molecule has 33 heavy (non-hydrogen) atoms. The molecular weight excluding hydrogens is 432 g/mol. The summed E-state index contributed by atoms with van der Waals surface area (Å²) >= 11 is 0. The molecule has 178 valence electrons. The standard InChI is InChI=1S/C24H28O9/c1-15(25)32-22-17-5-7-19(8-6-17)30-11-9-29-10-12-31-24-20(27-3)13-18(14-21(24)28-4)23(22)33-16(2)26/h5-8,13-14,22-23H,9-12H2,1-4H3/t22-,23+/m0/s1. The van der Waals surface area contributed by atoms with Crippen LogP contribution in [0.5, 0.6) is 23.0 Å². The van der Waals surface area contributed by atoms with E-state index >= 15 is 0 Å². The maximum Gasteiger partial charge on any atom is 0.303 e. The van der Waals surface area contributed by atoms with Gasteiger partial charge in [0.1, 0.15) is 19.0 Å².